The van der Waals surface area contributed by atoms with Crippen LogP contribution in [0.5, 0.6) is 0 Å². The number of rotatable bonds is 12. The van der Waals surface area contributed by atoms with Crippen molar-refractivity contribution in [3.63, 3.8) is 0 Å². The van der Waals surface area contributed by atoms with Crippen LogP contribution in [0.15, 0.2) is 96.0 Å². The number of nitrogens with zero attached hydrogens (tertiary/aromatic N) is 3. The highest BCUT2D eigenvalue weighted by Crippen LogP contribution is 2.41. The topological polar surface area (TPSA) is 48.6 Å². The van der Waals surface area contributed by atoms with Crippen LogP contribution >= 0.6 is 0 Å². The Morgan fingerprint density at radius 2 is 1.36 bits per heavy atom. The Bertz CT molecular complexity index is 1700. The summed E-state index contributed by atoms with van der Waals surface area (Å²) in [5.74, 6) is 0.122. The molecule has 7 heteroatoms. The number of hydrogen-bond donors (Lipinski definition) is 0. The van der Waals surface area contributed by atoms with E-state index >= 15 is 0 Å². The predicted octanol–water partition coefficient (Wildman–Crippen LogP) is 7.47. The molecule has 1 aliphatic rings. The van der Waals surface area contributed by atoms with Gasteiger partial charge in [-0.15, -0.1) is 0 Å². The van der Waals surface area contributed by atoms with E-state index in [0.717, 1.165) is 34.6 Å². The van der Waals surface area contributed by atoms with Crippen LogP contribution in [0, 0.1) is 11.6 Å². The molecule has 6 rings (SSSR count). The van der Waals surface area contributed by atoms with Crippen LogP contribution in [0.3, 0.4) is 0 Å². The summed E-state index contributed by atoms with van der Waals surface area (Å²) in [6.07, 6.45) is 0.903. The van der Waals surface area contributed by atoms with E-state index in [0.29, 0.717) is 45.2 Å². The third-order valence-electron chi connectivity index (χ3n) is 7.48. The molecular formula is C35H31F2N3O2. The molecule has 0 radical (unpaired) electrons. The van der Waals surface area contributed by atoms with Crippen LogP contribution < -0.4 is 0 Å². The minimum absolute atomic E-state index is 0.319. The van der Waals surface area contributed by atoms with Gasteiger partial charge < -0.3 is 14.0 Å². The molecule has 0 amide bonds. The lowest BCUT2D eigenvalue weighted by Gasteiger charge is -2.15. The standard InChI is InChI=1S/C35H31F2N3O2/c1-38-16-18-41-20-21-42-19-17-40-34(25-10-14-30(37)15-11-25)33(24-8-12-29(36)13-9-24)39-35(40)28-7-6-27-22-26-4-2-3-5-31(26)32(27)23-28/h2-15,23H,1,16-22H2. The fourth-order valence-corrected chi connectivity index (χ4v) is 5.47. The molecule has 0 aliphatic heterocycles. The van der Waals surface area contributed by atoms with Crippen molar-refractivity contribution in [1.82, 2.24) is 9.55 Å². The summed E-state index contributed by atoms with van der Waals surface area (Å²) in [6.45, 7) is 6.33. The molecule has 0 spiro atoms. The summed E-state index contributed by atoms with van der Waals surface area (Å²) in [5.41, 5.74) is 9.08. The van der Waals surface area contributed by atoms with E-state index in [1.807, 2.05) is 0 Å². The van der Waals surface area contributed by atoms with Gasteiger partial charge in [0.25, 0.3) is 0 Å². The average Bonchev–Trinajstić information content (AvgIpc) is 3.58. The van der Waals surface area contributed by atoms with Gasteiger partial charge in [0, 0.05) is 23.2 Å². The van der Waals surface area contributed by atoms with Crippen LogP contribution in [-0.2, 0) is 22.4 Å². The molecule has 0 bridgehead atoms. The van der Waals surface area contributed by atoms with Crippen LogP contribution in [-0.4, -0.2) is 49.2 Å². The SMILES string of the molecule is C=NCCOCCOCCn1c(-c2ccc3c(c2)-c2ccccc2C3)nc(-c2ccc(F)cc2)c1-c1ccc(F)cc1. The maximum atomic E-state index is 14.0. The number of aliphatic imine (C=N–C) groups is 1. The van der Waals surface area contributed by atoms with Crippen molar-refractivity contribution < 1.29 is 18.3 Å². The highest BCUT2D eigenvalue weighted by molar-refractivity contribution is 5.85. The summed E-state index contributed by atoms with van der Waals surface area (Å²) in [4.78, 5) is 8.95. The Labute approximate surface area is 244 Å². The van der Waals surface area contributed by atoms with Gasteiger partial charge in [-0.1, -0.05) is 36.4 Å². The third-order valence-corrected chi connectivity index (χ3v) is 7.48. The largest absolute Gasteiger partial charge is 0.377 e. The van der Waals surface area contributed by atoms with Crippen molar-refractivity contribution >= 4 is 6.72 Å². The zero-order chi connectivity index (χ0) is 28.9. The molecule has 0 fully saturated rings. The number of fused-ring (bicyclic) bond motifs is 3. The molecule has 1 aliphatic carbocycles. The van der Waals surface area contributed by atoms with E-state index in [1.165, 1.54) is 46.5 Å². The smallest absolute Gasteiger partial charge is 0.141 e. The molecule has 1 aromatic heterocycles. The first-order valence-electron chi connectivity index (χ1n) is 14.0. The zero-order valence-electron chi connectivity index (χ0n) is 23.2. The molecule has 0 unspecified atom stereocenters. The lowest BCUT2D eigenvalue weighted by atomic mass is 10.0. The lowest BCUT2D eigenvalue weighted by molar-refractivity contribution is 0.0480. The van der Waals surface area contributed by atoms with Crippen LogP contribution in [0.4, 0.5) is 8.78 Å². The van der Waals surface area contributed by atoms with Crippen molar-refractivity contribution in [1.29, 1.82) is 0 Å². The lowest BCUT2D eigenvalue weighted by Crippen LogP contribution is -2.12. The second-order valence-electron chi connectivity index (χ2n) is 10.2. The molecule has 4 aromatic carbocycles. The Hall–Kier alpha value is -4.46. The summed E-state index contributed by atoms with van der Waals surface area (Å²) in [7, 11) is 0. The second-order valence-corrected chi connectivity index (χ2v) is 10.2. The van der Waals surface area contributed by atoms with Crippen molar-refractivity contribution in [2.45, 2.75) is 13.0 Å². The summed E-state index contributed by atoms with van der Waals surface area (Å²) in [6, 6.07) is 27.6. The Kier molecular flexibility index (Phi) is 8.30. The first-order chi connectivity index (χ1) is 20.6. The Morgan fingerprint density at radius 3 is 2.10 bits per heavy atom. The third kappa shape index (κ3) is 5.79. The maximum Gasteiger partial charge on any atom is 0.141 e. The minimum Gasteiger partial charge on any atom is -0.377 e. The van der Waals surface area contributed by atoms with Crippen LogP contribution in [0.25, 0.3) is 45.0 Å². The fourth-order valence-electron chi connectivity index (χ4n) is 5.47. The van der Waals surface area contributed by atoms with Gasteiger partial charge in [0.2, 0.25) is 0 Å². The average molecular weight is 564 g/mol. The number of benzene rings is 4. The van der Waals surface area contributed by atoms with Crippen LogP contribution in [0.1, 0.15) is 11.1 Å². The zero-order valence-corrected chi connectivity index (χ0v) is 23.2. The van der Waals surface area contributed by atoms with Crippen molar-refractivity contribution in [2.24, 2.45) is 4.99 Å². The first-order valence-corrected chi connectivity index (χ1v) is 14.0. The highest BCUT2D eigenvalue weighted by Gasteiger charge is 2.24. The van der Waals surface area contributed by atoms with E-state index < -0.39 is 0 Å². The molecule has 212 valence electrons. The number of aromatic nitrogens is 2. The summed E-state index contributed by atoms with van der Waals surface area (Å²) < 4.78 is 41.5. The number of hydrogen-bond acceptors (Lipinski definition) is 4. The molecule has 0 N–H and O–H groups in total. The number of ether oxygens (including phenoxy) is 2. The maximum absolute atomic E-state index is 14.0. The quantitative estimate of drug-likeness (QED) is 0.115. The van der Waals surface area contributed by atoms with Crippen molar-refractivity contribution in [3.8, 4) is 45.0 Å². The molecule has 0 atom stereocenters. The summed E-state index contributed by atoms with van der Waals surface area (Å²) in [5, 5.41) is 0. The van der Waals surface area contributed by atoms with E-state index in [4.69, 9.17) is 14.5 Å². The van der Waals surface area contributed by atoms with Gasteiger partial charge in [-0.25, -0.2) is 13.8 Å². The van der Waals surface area contributed by atoms with Gasteiger partial charge in [0.1, 0.15) is 17.5 Å². The summed E-state index contributed by atoms with van der Waals surface area (Å²) >= 11 is 0. The molecular weight excluding hydrogens is 532 g/mol. The molecule has 0 saturated carbocycles. The highest BCUT2D eigenvalue weighted by atomic mass is 19.1. The Balaban J connectivity index is 1.42. The van der Waals surface area contributed by atoms with Gasteiger partial charge >= 0.3 is 0 Å². The Morgan fingerprint density at radius 1 is 0.714 bits per heavy atom. The van der Waals surface area contributed by atoms with Gasteiger partial charge in [-0.05, 0) is 90.0 Å². The minimum atomic E-state index is -0.321. The fraction of sp³-hybridized carbons (Fsp3) is 0.200. The van der Waals surface area contributed by atoms with Gasteiger partial charge in [0.05, 0.1) is 44.4 Å². The molecule has 1 heterocycles. The predicted molar refractivity (Wildman–Crippen MR) is 163 cm³/mol. The van der Waals surface area contributed by atoms with Crippen molar-refractivity contribution in [3.05, 3.63) is 114 Å². The van der Waals surface area contributed by atoms with E-state index in [9.17, 15) is 8.78 Å². The van der Waals surface area contributed by atoms with Gasteiger partial charge in [-0.3, -0.25) is 4.99 Å². The first kappa shape index (κ1) is 27.7. The van der Waals surface area contributed by atoms with Crippen molar-refractivity contribution in [2.75, 3.05) is 33.0 Å². The monoisotopic (exact) mass is 563 g/mol. The molecule has 5 aromatic rings. The molecule has 5 nitrogen and oxygen atoms in total. The van der Waals surface area contributed by atoms with Gasteiger partial charge in [-0.2, -0.15) is 0 Å². The molecule has 42 heavy (non-hydrogen) atoms. The van der Waals surface area contributed by atoms with Gasteiger partial charge in [0.15, 0.2) is 0 Å². The van der Waals surface area contributed by atoms with E-state index in [-0.39, 0.29) is 11.6 Å². The normalized spacial score (nSPS) is 11.9. The second kappa shape index (κ2) is 12.6. The van der Waals surface area contributed by atoms with E-state index in [1.54, 1.807) is 24.3 Å². The number of imidazole rings is 1. The molecule has 0 saturated heterocycles. The van der Waals surface area contributed by atoms with Crippen LogP contribution in [0.2, 0.25) is 0 Å². The number of halogens is 2. The van der Waals surface area contributed by atoms with E-state index in [2.05, 4.69) is 58.7 Å².